The Balaban J connectivity index is 1.65. The molecule has 27 heavy (non-hydrogen) atoms. The summed E-state index contributed by atoms with van der Waals surface area (Å²) in [5, 5.41) is 12.6. The van der Waals surface area contributed by atoms with Gasteiger partial charge in [-0.05, 0) is 43.7 Å². The van der Waals surface area contributed by atoms with Crippen molar-refractivity contribution in [3.05, 3.63) is 22.8 Å². The van der Waals surface area contributed by atoms with Crippen molar-refractivity contribution in [3.8, 4) is 0 Å². The number of hydrogen-bond donors (Lipinski definition) is 2. The molecule has 0 aromatic carbocycles. The molecule has 0 bridgehead atoms. The van der Waals surface area contributed by atoms with E-state index in [1.807, 2.05) is 0 Å². The first-order valence-electron chi connectivity index (χ1n) is 9.52. The van der Waals surface area contributed by atoms with Crippen LogP contribution in [-0.2, 0) is 9.53 Å². The number of ether oxygens (including phenoxy) is 1. The zero-order valence-corrected chi connectivity index (χ0v) is 16.2. The first kappa shape index (κ1) is 19.9. The van der Waals surface area contributed by atoms with Gasteiger partial charge in [0.1, 0.15) is 5.82 Å². The number of carboxylic acid groups (broad SMARTS) is 1. The molecule has 1 aromatic heterocycles. The minimum atomic E-state index is -1.13. The fourth-order valence-electron chi connectivity index (χ4n) is 3.86. The third-order valence-electron chi connectivity index (χ3n) is 5.54. The molecular weight excluding hydrogens is 370 g/mol. The molecule has 2 fully saturated rings. The molecule has 3 heterocycles. The highest BCUT2D eigenvalue weighted by Crippen LogP contribution is 2.27. The predicted octanol–water partition coefficient (Wildman–Crippen LogP) is 2.58. The van der Waals surface area contributed by atoms with Crippen LogP contribution in [0.5, 0.6) is 0 Å². The van der Waals surface area contributed by atoms with Gasteiger partial charge in [-0.15, -0.1) is 0 Å². The molecule has 1 amide bonds. The number of carboxylic acids is 1. The number of nitrogens with one attached hydrogen (secondary N) is 1. The summed E-state index contributed by atoms with van der Waals surface area (Å²) in [7, 11) is 0. The SMILES string of the molecule is CC[C@@H]1CN(c2ccc(Cl)c(C(=O)O)n2)CC[C@@H]1NC(=O)C1CCOCC1. The van der Waals surface area contributed by atoms with Crippen LogP contribution in [0.4, 0.5) is 5.82 Å². The molecule has 3 rings (SSSR count). The number of rotatable bonds is 5. The minimum absolute atomic E-state index is 0.0466. The van der Waals surface area contributed by atoms with Crippen molar-refractivity contribution in [1.29, 1.82) is 0 Å². The molecule has 148 valence electrons. The van der Waals surface area contributed by atoms with E-state index in [0.717, 1.165) is 32.2 Å². The summed E-state index contributed by atoms with van der Waals surface area (Å²) in [6, 6.07) is 3.46. The third kappa shape index (κ3) is 4.71. The van der Waals surface area contributed by atoms with E-state index in [0.29, 0.717) is 25.6 Å². The van der Waals surface area contributed by atoms with Crippen LogP contribution < -0.4 is 10.2 Å². The highest BCUT2D eigenvalue weighted by Gasteiger charge is 2.32. The van der Waals surface area contributed by atoms with Gasteiger partial charge in [-0.25, -0.2) is 9.78 Å². The largest absolute Gasteiger partial charge is 0.476 e. The van der Waals surface area contributed by atoms with Crippen LogP contribution >= 0.6 is 11.6 Å². The molecule has 2 atom stereocenters. The Morgan fingerprint density at radius 3 is 2.74 bits per heavy atom. The van der Waals surface area contributed by atoms with Crippen molar-refractivity contribution in [2.24, 2.45) is 11.8 Å². The average Bonchev–Trinajstić information content (AvgIpc) is 2.69. The quantitative estimate of drug-likeness (QED) is 0.796. The monoisotopic (exact) mass is 395 g/mol. The summed E-state index contributed by atoms with van der Waals surface area (Å²) < 4.78 is 5.34. The zero-order chi connectivity index (χ0) is 19.4. The fraction of sp³-hybridized carbons (Fsp3) is 0.632. The normalized spacial score (nSPS) is 23.9. The summed E-state index contributed by atoms with van der Waals surface area (Å²) in [6.45, 7) is 4.86. The molecule has 1 aromatic rings. The van der Waals surface area contributed by atoms with Gasteiger partial charge < -0.3 is 20.1 Å². The van der Waals surface area contributed by atoms with Crippen molar-refractivity contribution in [2.45, 2.75) is 38.6 Å². The van der Waals surface area contributed by atoms with Gasteiger partial charge in [-0.1, -0.05) is 18.5 Å². The van der Waals surface area contributed by atoms with E-state index in [-0.39, 0.29) is 34.5 Å². The second kappa shape index (κ2) is 8.89. The molecule has 0 unspecified atom stereocenters. The highest BCUT2D eigenvalue weighted by atomic mass is 35.5. The van der Waals surface area contributed by atoms with Crippen molar-refractivity contribution in [2.75, 3.05) is 31.2 Å². The number of anilines is 1. The van der Waals surface area contributed by atoms with E-state index < -0.39 is 5.97 Å². The van der Waals surface area contributed by atoms with E-state index in [1.54, 1.807) is 12.1 Å². The Morgan fingerprint density at radius 2 is 2.07 bits per heavy atom. The van der Waals surface area contributed by atoms with Crippen LogP contribution in [0, 0.1) is 11.8 Å². The van der Waals surface area contributed by atoms with Crippen molar-refractivity contribution in [1.82, 2.24) is 10.3 Å². The lowest BCUT2D eigenvalue weighted by Gasteiger charge is -2.40. The molecular formula is C19H26ClN3O4. The summed E-state index contributed by atoms with van der Waals surface area (Å²) in [4.78, 5) is 30.1. The van der Waals surface area contributed by atoms with E-state index in [4.69, 9.17) is 16.3 Å². The van der Waals surface area contributed by atoms with Crippen LogP contribution in [0.2, 0.25) is 5.02 Å². The van der Waals surface area contributed by atoms with Gasteiger partial charge in [-0.3, -0.25) is 4.79 Å². The highest BCUT2D eigenvalue weighted by molar-refractivity contribution is 6.33. The second-order valence-electron chi connectivity index (χ2n) is 7.21. The predicted molar refractivity (Wildman–Crippen MR) is 102 cm³/mol. The van der Waals surface area contributed by atoms with Crippen molar-refractivity contribution in [3.63, 3.8) is 0 Å². The van der Waals surface area contributed by atoms with Gasteiger partial charge in [0.05, 0.1) is 5.02 Å². The molecule has 7 nitrogen and oxygen atoms in total. The summed E-state index contributed by atoms with van der Waals surface area (Å²) in [5.74, 6) is -0.0522. The number of amides is 1. The standard InChI is InChI=1S/C19H26ClN3O4/c1-2-12-11-23(16-4-3-14(20)17(22-16)19(25)26)8-5-15(12)21-18(24)13-6-9-27-10-7-13/h3-4,12-13,15H,2,5-11H2,1H3,(H,21,24)(H,25,26)/t12-,15+/m1/s1. The molecule has 2 N–H and O–H groups in total. The number of halogens is 1. The number of nitrogens with zero attached hydrogens (tertiary/aromatic N) is 2. The van der Waals surface area contributed by atoms with Gasteiger partial charge in [0.2, 0.25) is 5.91 Å². The summed E-state index contributed by atoms with van der Waals surface area (Å²) in [5.41, 5.74) is -0.128. The molecule has 2 aliphatic heterocycles. The van der Waals surface area contributed by atoms with Gasteiger partial charge in [0.15, 0.2) is 5.69 Å². The molecule has 8 heteroatoms. The lowest BCUT2D eigenvalue weighted by molar-refractivity contribution is -0.129. The van der Waals surface area contributed by atoms with E-state index in [2.05, 4.69) is 22.1 Å². The maximum Gasteiger partial charge on any atom is 0.356 e. The number of carbonyl (C=O) groups excluding carboxylic acids is 1. The van der Waals surface area contributed by atoms with E-state index in [1.165, 1.54) is 0 Å². The number of aromatic nitrogens is 1. The Bertz CT molecular complexity index is 694. The number of pyridine rings is 1. The number of hydrogen-bond acceptors (Lipinski definition) is 5. The topological polar surface area (TPSA) is 91.8 Å². The Kier molecular flexibility index (Phi) is 6.55. The lowest BCUT2D eigenvalue weighted by atomic mass is 9.88. The molecule has 2 aliphatic rings. The first-order chi connectivity index (χ1) is 13.0. The van der Waals surface area contributed by atoms with Gasteiger partial charge in [0, 0.05) is 38.3 Å². The van der Waals surface area contributed by atoms with Crippen LogP contribution in [-0.4, -0.2) is 54.3 Å². The molecule has 0 saturated carbocycles. The van der Waals surface area contributed by atoms with Crippen LogP contribution in [0.3, 0.4) is 0 Å². The summed E-state index contributed by atoms with van der Waals surface area (Å²) in [6.07, 6.45) is 3.30. The molecule has 0 aliphatic carbocycles. The number of aromatic carboxylic acids is 1. The van der Waals surface area contributed by atoms with E-state index >= 15 is 0 Å². The Hall–Kier alpha value is -1.86. The summed E-state index contributed by atoms with van der Waals surface area (Å²) >= 11 is 5.92. The van der Waals surface area contributed by atoms with Crippen LogP contribution in [0.25, 0.3) is 0 Å². The number of carbonyl (C=O) groups is 2. The third-order valence-corrected chi connectivity index (χ3v) is 5.84. The number of piperidine rings is 1. The van der Waals surface area contributed by atoms with Gasteiger partial charge in [-0.2, -0.15) is 0 Å². The van der Waals surface area contributed by atoms with Crippen molar-refractivity contribution >= 4 is 29.3 Å². The molecule has 2 saturated heterocycles. The lowest BCUT2D eigenvalue weighted by Crippen LogP contribution is -2.52. The zero-order valence-electron chi connectivity index (χ0n) is 15.5. The van der Waals surface area contributed by atoms with Gasteiger partial charge >= 0.3 is 5.97 Å². The van der Waals surface area contributed by atoms with Crippen molar-refractivity contribution < 1.29 is 19.4 Å². The maximum absolute atomic E-state index is 12.6. The minimum Gasteiger partial charge on any atom is -0.476 e. The average molecular weight is 396 g/mol. The molecule has 0 spiro atoms. The van der Waals surface area contributed by atoms with Crippen LogP contribution in [0.1, 0.15) is 43.1 Å². The fourth-order valence-corrected chi connectivity index (χ4v) is 4.05. The second-order valence-corrected chi connectivity index (χ2v) is 7.62. The first-order valence-corrected chi connectivity index (χ1v) is 9.90. The van der Waals surface area contributed by atoms with Gasteiger partial charge in [0.25, 0.3) is 0 Å². The Labute approximate surface area is 164 Å². The van der Waals surface area contributed by atoms with Crippen LogP contribution in [0.15, 0.2) is 12.1 Å². The Morgan fingerprint density at radius 1 is 1.33 bits per heavy atom. The molecule has 0 radical (unpaired) electrons. The maximum atomic E-state index is 12.6. The van der Waals surface area contributed by atoms with E-state index in [9.17, 15) is 14.7 Å². The smallest absolute Gasteiger partial charge is 0.356 e.